The van der Waals surface area contributed by atoms with E-state index in [1.165, 1.54) is 6.26 Å². The van der Waals surface area contributed by atoms with Crippen molar-refractivity contribution in [3.63, 3.8) is 0 Å². The number of carbonyl (C=O) groups excluding carboxylic acids is 2. The zero-order chi connectivity index (χ0) is 19.7. The quantitative estimate of drug-likeness (QED) is 0.747. The van der Waals surface area contributed by atoms with Crippen LogP contribution in [0.4, 0.5) is 0 Å². The molecular formula is C20H21N3O5. The normalized spacial score (nSPS) is 14.4. The van der Waals surface area contributed by atoms with Crippen molar-refractivity contribution in [2.75, 3.05) is 40.4 Å². The highest BCUT2D eigenvalue weighted by molar-refractivity contribution is 6.07. The molecular weight excluding hydrogens is 362 g/mol. The fraction of sp³-hybridized carbons (Fsp3) is 0.300. The third kappa shape index (κ3) is 3.06. The van der Waals surface area contributed by atoms with Crippen molar-refractivity contribution >= 4 is 22.7 Å². The largest absolute Gasteiger partial charge is 0.493 e. The summed E-state index contributed by atoms with van der Waals surface area (Å²) in [6.45, 7) is 1.85. The van der Waals surface area contributed by atoms with E-state index in [0.29, 0.717) is 49.0 Å². The lowest BCUT2D eigenvalue weighted by molar-refractivity contribution is 0.0519. The number of aromatic nitrogens is 1. The number of ether oxygens (including phenoxy) is 2. The Labute approximate surface area is 161 Å². The van der Waals surface area contributed by atoms with Crippen LogP contribution >= 0.6 is 0 Å². The molecule has 0 spiro atoms. The van der Waals surface area contributed by atoms with Crippen molar-refractivity contribution in [3.05, 3.63) is 48.0 Å². The van der Waals surface area contributed by atoms with Crippen molar-refractivity contribution in [1.82, 2.24) is 14.8 Å². The van der Waals surface area contributed by atoms with Crippen molar-refractivity contribution in [1.29, 1.82) is 0 Å². The zero-order valence-electron chi connectivity index (χ0n) is 15.7. The van der Waals surface area contributed by atoms with Gasteiger partial charge in [-0.05, 0) is 18.2 Å². The number of methoxy groups -OCH3 is 2. The Bertz CT molecular complexity index is 1000. The number of nitrogens with zero attached hydrogens (tertiary/aromatic N) is 2. The van der Waals surface area contributed by atoms with Crippen LogP contribution in [0.3, 0.4) is 0 Å². The summed E-state index contributed by atoms with van der Waals surface area (Å²) in [4.78, 5) is 32.0. The molecule has 2 aromatic heterocycles. The van der Waals surface area contributed by atoms with Crippen LogP contribution in [0.15, 0.2) is 41.1 Å². The van der Waals surface area contributed by atoms with E-state index < -0.39 is 0 Å². The minimum atomic E-state index is -0.152. The Balaban J connectivity index is 1.50. The Hall–Kier alpha value is -3.42. The maximum Gasteiger partial charge on any atom is 0.289 e. The highest BCUT2D eigenvalue weighted by Gasteiger charge is 2.28. The second-order valence-corrected chi connectivity index (χ2v) is 6.52. The topological polar surface area (TPSA) is 88.0 Å². The van der Waals surface area contributed by atoms with Gasteiger partial charge in [-0.25, -0.2) is 0 Å². The van der Waals surface area contributed by atoms with Crippen LogP contribution in [0.5, 0.6) is 11.5 Å². The molecule has 1 aliphatic rings. The highest BCUT2D eigenvalue weighted by atomic mass is 16.5. The number of fused-ring (bicyclic) bond motifs is 1. The van der Waals surface area contributed by atoms with Gasteiger partial charge in [-0.15, -0.1) is 0 Å². The van der Waals surface area contributed by atoms with Crippen LogP contribution in [0.1, 0.15) is 20.9 Å². The number of hydrogen-bond donors (Lipinski definition) is 1. The lowest BCUT2D eigenvalue weighted by atomic mass is 10.1. The van der Waals surface area contributed by atoms with Gasteiger partial charge in [0.1, 0.15) is 0 Å². The zero-order valence-corrected chi connectivity index (χ0v) is 15.7. The van der Waals surface area contributed by atoms with Crippen molar-refractivity contribution in [2.45, 2.75) is 0 Å². The van der Waals surface area contributed by atoms with E-state index in [1.54, 1.807) is 48.4 Å². The number of nitrogens with one attached hydrogen (secondary N) is 1. The Morgan fingerprint density at radius 3 is 2.25 bits per heavy atom. The number of carbonyl (C=O) groups is 2. The predicted molar refractivity (Wildman–Crippen MR) is 102 cm³/mol. The summed E-state index contributed by atoms with van der Waals surface area (Å²) < 4.78 is 15.8. The second-order valence-electron chi connectivity index (χ2n) is 6.52. The summed E-state index contributed by atoms with van der Waals surface area (Å²) in [6, 6.07) is 6.94. The van der Waals surface area contributed by atoms with Crippen LogP contribution in [0.25, 0.3) is 10.9 Å². The van der Waals surface area contributed by atoms with Gasteiger partial charge in [0.25, 0.3) is 11.8 Å². The SMILES string of the molecule is COc1cc2[nH]cc(C(=O)N3CCN(C(=O)c4ccco4)CC3)c2cc1OC. The van der Waals surface area contributed by atoms with E-state index in [4.69, 9.17) is 13.9 Å². The third-order valence-corrected chi connectivity index (χ3v) is 5.00. The number of piperazine rings is 1. The molecule has 0 aliphatic carbocycles. The van der Waals surface area contributed by atoms with Gasteiger partial charge in [-0.3, -0.25) is 9.59 Å². The van der Waals surface area contributed by atoms with Crippen LogP contribution in [0.2, 0.25) is 0 Å². The summed E-state index contributed by atoms with van der Waals surface area (Å²) in [5.41, 5.74) is 1.37. The fourth-order valence-electron chi connectivity index (χ4n) is 3.46. The number of amides is 2. The number of benzene rings is 1. The molecule has 8 nitrogen and oxygen atoms in total. The van der Waals surface area contributed by atoms with E-state index >= 15 is 0 Å². The minimum absolute atomic E-state index is 0.0800. The number of H-pyrrole nitrogens is 1. The fourth-order valence-corrected chi connectivity index (χ4v) is 3.46. The van der Waals surface area contributed by atoms with Crippen molar-refractivity contribution in [3.8, 4) is 11.5 Å². The van der Waals surface area contributed by atoms with Gasteiger partial charge in [0, 0.05) is 43.8 Å². The maximum absolute atomic E-state index is 13.0. The Morgan fingerprint density at radius 1 is 1.00 bits per heavy atom. The summed E-state index contributed by atoms with van der Waals surface area (Å²) >= 11 is 0. The van der Waals surface area contributed by atoms with Crippen LogP contribution in [-0.2, 0) is 0 Å². The molecule has 1 fully saturated rings. The molecule has 1 N–H and O–H groups in total. The van der Waals surface area contributed by atoms with E-state index in [-0.39, 0.29) is 11.8 Å². The summed E-state index contributed by atoms with van der Waals surface area (Å²) in [6.07, 6.45) is 3.18. The average Bonchev–Trinajstić information content (AvgIpc) is 3.41. The van der Waals surface area contributed by atoms with Gasteiger partial charge >= 0.3 is 0 Å². The van der Waals surface area contributed by atoms with Crippen LogP contribution < -0.4 is 9.47 Å². The summed E-state index contributed by atoms with van der Waals surface area (Å²) in [5, 5.41) is 0.775. The number of aromatic amines is 1. The first-order valence-corrected chi connectivity index (χ1v) is 8.97. The number of hydrogen-bond acceptors (Lipinski definition) is 5. The van der Waals surface area contributed by atoms with Crippen LogP contribution in [0, 0.1) is 0 Å². The van der Waals surface area contributed by atoms with E-state index in [0.717, 1.165) is 10.9 Å². The molecule has 1 aliphatic heterocycles. The smallest absolute Gasteiger partial charge is 0.289 e. The second kappa shape index (κ2) is 7.30. The monoisotopic (exact) mass is 383 g/mol. The Kier molecular flexibility index (Phi) is 4.68. The van der Waals surface area contributed by atoms with Gasteiger partial charge in [0.15, 0.2) is 17.3 Å². The third-order valence-electron chi connectivity index (χ3n) is 5.00. The first-order chi connectivity index (χ1) is 13.6. The first-order valence-electron chi connectivity index (χ1n) is 8.97. The molecule has 0 saturated carbocycles. The maximum atomic E-state index is 13.0. The van der Waals surface area contributed by atoms with Gasteiger partial charge < -0.3 is 28.7 Å². The van der Waals surface area contributed by atoms with E-state index in [2.05, 4.69) is 4.98 Å². The number of furan rings is 1. The van der Waals surface area contributed by atoms with Gasteiger partial charge in [0.2, 0.25) is 0 Å². The van der Waals surface area contributed by atoms with E-state index in [9.17, 15) is 9.59 Å². The summed E-state index contributed by atoms with van der Waals surface area (Å²) in [7, 11) is 3.13. The molecule has 1 aromatic carbocycles. The molecule has 4 rings (SSSR count). The van der Waals surface area contributed by atoms with E-state index in [1.807, 2.05) is 6.07 Å². The average molecular weight is 383 g/mol. The molecule has 146 valence electrons. The molecule has 0 unspecified atom stereocenters. The molecule has 3 heterocycles. The van der Waals surface area contributed by atoms with Crippen LogP contribution in [-0.4, -0.2) is 67.0 Å². The molecule has 0 atom stereocenters. The van der Waals surface area contributed by atoms with Gasteiger partial charge in [-0.2, -0.15) is 0 Å². The Morgan fingerprint density at radius 2 is 1.64 bits per heavy atom. The molecule has 2 amide bonds. The first kappa shape index (κ1) is 18.0. The molecule has 8 heteroatoms. The van der Waals surface area contributed by atoms with Crippen molar-refractivity contribution in [2.24, 2.45) is 0 Å². The molecule has 28 heavy (non-hydrogen) atoms. The highest BCUT2D eigenvalue weighted by Crippen LogP contribution is 2.33. The lowest BCUT2D eigenvalue weighted by Crippen LogP contribution is -2.50. The number of rotatable bonds is 4. The lowest BCUT2D eigenvalue weighted by Gasteiger charge is -2.34. The molecule has 3 aromatic rings. The van der Waals surface area contributed by atoms with Crippen molar-refractivity contribution < 1.29 is 23.5 Å². The summed E-state index contributed by atoms with van der Waals surface area (Å²) in [5.74, 6) is 1.25. The standard InChI is InChI=1S/C20H21N3O5/c1-26-17-10-13-14(12-21-15(13)11-18(17)27-2)19(24)22-5-7-23(8-6-22)20(25)16-4-3-9-28-16/h3-4,9-12,21H,5-8H2,1-2H3. The van der Waals surface area contributed by atoms with Gasteiger partial charge in [0.05, 0.1) is 31.6 Å². The molecule has 0 bridgehead atoms. The predicted octanol–water partition coefficient (Wildman–Crippen LogP) is 2.38. The minimum Gasteiger partial charge on any atom is -0.493 e. The molecule has 1 saturated heterocycles. The van der Waals surface area contributed by atoms with Gasteiger partial charge in [-0.1, -0.05) is 0 Å². The molecule has 0 radical (unpaired) electrons.